The van der Waals surface area contributed by atoms with Gasteiger partial charge < -0.3 is 19.5 Å². The van der Waals surface area contributed by atoms with E-state index in [4.69, 9.17) is 14.2 Å². The topological polar surface area (TPSA) is 77.1 Å². The Hall–Kier alpha value is -3.42. The van der Waals surface area contributed by atoms with Crippen molar-refractivity contribution in [3.63, 3.8) is 0 Å². The molecule has 1 N–H and O–H groups in total. The van der Waals surface area contributed by atoms with Crippen molar-refractivity contribution in [2.24, 2.45) is 0 Å². The summed E-state index contributed by atoms with van der Waals surface area (Å²) in [7, 11) is 0. The van der Waals surface area contributed by atoms with Crippen LogP contribution in [-0.2, 0) is 25.6 Å². The highest BCUT2D eigenvalue weighted by molar-refractivity contribution is 5.92. The minimum absolute atomic E-state index is 0.262. The molecule has 7 heteroatoms. The average Bonchev–Trinajstić information content (AvgIpc) is 2.83. The minimum Gasteiger partial charge on any atom is -0.482 e. The summed E-state index contributed by atoms with van der Waals surface area (Å²) in [4.78, 5) is 26.3. The number of carbonyl (C=O) groups excluding carboxylic acids is 2. The number of hydrogen-bond donors (Lipinski definition) is 1. The number of nitrogens with zero attached hydrogens (tertiary/aromatic N) is 1. The molecular weight excluding hydrogens is 408 g/mol. The third kappa shape index (κ3) is 6.29. The number of fused-ring (bicyclic) bond motifs is 1. The number of nitrogens with one attached hydrogen (secondary N) is 1. The van der Waals surface area contributed by atoms with Gasteiger partial charge in [-0.25, -0.2) is 4.79 Å². The second-order valence-corrected chi connectivity index (χ2v) is 7.59. The molecule has 1 aliphatic rings. The Bertz CT molecular complexity index is 1060. The molecule has 0 radical (unpaired) electrons. The van der Waals surface area contributed by atoms with Gasteiger partial charge in [-0.1, -0.05) is 42.5 Å². The monoisotopic (exact) mass is 434 g/mol. The fourth-order valence-corrected chi connectivity index (χ4v) is 3.50. The van der Waals surface area contributed by atoms with E-state index in [1.54, 1.807) is 6.07 Å². The summed E-state index contributed by atoms with van der Waals surface area (Å²) in [5.41, 5.74) is 1.83. The van der Waals surface area contributed by atoms with Crippen LogP contribution < -0.4 is 10.1 Å². The van der Waals surface area contributed by atoms with Crippen LogP contribution in [0.25, 0.3) is 10.8 Å². The minimum atomic E-state index is -0.603. The zero-order valence-electron chi connectivity index (χ0n) is 17.8. The molecule has 0 aromatic heterocycles. The molecule has 32 heavy (non-hydrogen) atoms. The molecule has 0 atom stereocenters. The summed E-state index contributed by atoms with van der Waals surface area (Å²) >= 11 is 0. The first-order chi connectivity index (χ1) is 15.7. The van der Waals surface area contributed by atoms with Crippen molar-refractivity contribution in [1.82, 2.24) is 4.90 Å². The van der Waals surface area contributed by atoms with Crippen molar-refractivity contribution >= 4 is 28.3 Å². The summed E-state index contributed by atoms with van der Waals surface area (Å²) < 4.78 is 15.9. The average molecular weight is 434 g/mol. The van der Waals surface area contributed by atoms with Gasteiger partial charge in [0.1, 0.15) is 5.75 Å². The Balaban J connectivity index is 1.18. The van der Waals surface area contributed by atoms with Crippen molar-refractivity contribution in [2.45, 2.75) is 6.54 Å². The fraction of sp³-hybridized carbons (Fsp3) is 0.280. The lowest BCUT2D eigenvalue weighted by atomic mass is 10.1. The maximum Gasteiger partial charge on any atom is 0.344 e. The van der Waals surface area contributed by atoms with Gasteiger partial charge >= 0.3 is 5.97 Å². The number of amides is 1. The van der Waals surface area contributed by atoms with E-state index in [1.807, 2.05) is 60.7 Å². The first kappa shape index (κ1) is 21.8. The lowest BCUT2D eigenvalue weighted by Crippen LogP contribution is -2.35. The normalized spacial score (nSPS) is 14.1. The molecule has 0 saturated carbocycles. The van der Waals surface area contributed by atoms with E-state index in [9.17, 15) is 9.59 Å². The van der Waals surface area contributed by atoms with E-state index in [2.05, 4.69) is 10.2 Å². The summed E-state index contributed by atoms with van der Waals surface area (Å²) in [6, 6.07) is 21.1. The van der Waals surface area contributed by atoms with Crippen LogP contribution in [0.5, 0.6) is 5.75 Å². The zero-order valence-corrected chi connectivity index (χ0v) is 17.8. The Morgan fingerprint density at radius 3 is 2.44 bits per heavy atom. The Labute approximate surface area is 186 Å². The SMILES string of the molecule is O=C(COC(=O)COc1ccc2ccccc2c1)Nc1ccc(CN2CCOCC2)cc1. The zero-order chi connectivity index (χ0) is 22.2. The second-order valence-electron chi connectivity index (χ2n) is 7.59. The number of anilines is 1. The molecule has 1 saturated heterocycles. The molecule has 3 aromatic carbocycles. The van der Waals surface area contributed by atoms with Gasteiger partial charge in [-0.3, -0.25) is 9.69 Å². The van der Waals surface area contributed by atoms with E-state index in [-0.39, 0.29) is 13.2 Å². The first-order valence-corrected chi connectivity index (χ1v) is 10.6. The van der Waals surface area contributed by atoms with Gasteiger partial charge in [0.25, 0.3) is 5.91 Å². The Morgan fingerprint density at radius 1 is 0.906 bits per heavy atom. The van der Waals surface area contributed by atoms with Gasteiger partial charge in [-0.05, 0) is 40.6 Å². The van der Waals surface area contributed by atoms with Crippen molar-refractivity contribution < 1.29 is 23.8 Å². The number of ether oxygens (including phenoxy) is 3. The van der Waals surface area contributed by atoms with Crippen LogP contribution in [0.1, 0.15) is 5.56 Å². The van der Waals surface area contributed by atoms with Crippen molar-refractivity contribution in [3.8, 4) is 5.75 Å². The highest BCUT2D eigenvalue weighted by Gasteiger charge is 2.12. The highest BCUT2D eigenvalue weighted by Crippen LogP contribution is 2.20. The Morgan fingerprint density at radius 2 is 1.66 bits per heavy atom. The number of morpholine rings is 1. The quantitative estimate of drug-likeness (QED) is 0.549. The number of benzene rings is 3. The van der Waals surface area contributed by atoms with E-state index in [0.717, 1.165) is 43.6 Å². The van der Waals surface area contributed by atoms with Crippen molar-refractivity contribution in [3.05, 3.63) is 72.3 Å². The van der Waals surface area contributed by atoms with Crippen LogP contribution in [0.3, 0.4) is 0 Å². The molecule has 3 aromatic rings. The summed E-state index contributed by atoms with van der Waals surface area (Å²) in [5.74, 6) is -0.429. The van der Waals surface area contributed by atoms with Gasteiger partial charge in [-0.2, -0.15) is 0 Å². The van der Waals surface area contributed by atoms with Crippen LogP contribution in [0.4, 0.5) is 5.69 Å². The van der Waals surface area contributed by atoms with Crippen LogP contribution in [0.2, 0.25) is 0 Å². The molecule has 1 fully saturated rings. The summed E-state index contributed by atoms with van der Waals surface area (Å²) in [5, 5.41) is 4.84. The van der Waals surface area contributed by atoms with Gasteiger partial charge in [-0.15, -0.1) is 0 Å². The van der Waals surface area contributed by atoms with Gasteiger partial charge in [0, 0.05) is 25.3 Å². The smallest absolute Gasteiger partial charge is 0.344 e. The molecule has 0 unspecified atom stereocenters. The van der Waals surface area contributed by atoms with Gasteiger partial charge in [0.15, 0.2) is 13.2 Å². The van der Waals surface area contributed by atoms with Crippen molar-refractivity contribution in [2.75, 3.05) is 44.8 Å². The van der Waals surface area contributed by atoms with Crippen LogP contribution in [-0.4, -0.2) is 56.3 Å². The van der Waals surface area contributed by atoms with Crippen LogP contribution in [0.15, 0.2) is 66.7 Å². The highest BCUT2D eigenvalue weighted by atomic mass is 16.6. The molecule has 0 aliphatic carbocycles. The molecular formula is C25H26N2O5. The third-order valence-electron chi connectivity index (χ3n) is 5.19. The predicted molar refractivity (Wildman–Crippen MR) is 122 cm³/mol. The fourth-order valence-electron chi connectivity index (χ4n) is 3.50. The van der Waals surface area contributed by atoms with E-state index >= 15 is 0 Å². The number of carbonyl (C=O) groups is 2. The first-order valence-electron chi connectivity index (χ1n) is 10.6. The van der Waals surface area contributed by atoms with Crippen LogP contribution >= 0.6 is 0 Å². The summed E-state index contributed by atoms with van der Waals surface area (Å²) in [6.07, 6.45) is 0. The maximum atomic E-state index is 12.1. The Kier molecular flexibility index (Phi) is 7.32. The largest absolute Gasteiger partial charge is 0.482 e. The van der Waals surface area contributed by atoms with Gasteiger partial charge in [0.05, 0.1) is 13.2 Å². The van der Waals surface area contributed by atoms with E-state index in [0.29, 0.717) is 11.4 Å². The van der Waals surface area contributed by atoms with Gasteiger partial charge in [0.2, 0.25) is 0 Å². The molecule has 0 bridgehead atoms. The maximum absolute atomic E-state index is 12.1. The third-order valence-corrected chi connectivity index (χ3v) is 5.19. The lowest BCUT2D eigenvalue weighted by molar-refractivity contribution is -0.149. The number of esters is 1. The second kappa shape index (κ2) is 10.7. The molecule has 1 amide bonds. The van der Waals surface area contributed by atoms with E-state index < -0.39 is 11.9 Å². The molecule has 166 valence electrons. The molecule has 7 nitrogen and oxygen atoms in total. The van der Waals surface area contributed by atoms with E-state index in [1.165, 1.54) is 5.56 Å². The van der Waals surface area contributed by atoms with Crippen LogP contribution in [0, 0.1) is 0 Å². The van der Waals surface area contributed by atoms with Crippen molar-refractivity contribution in [1.29, 1.82) is 0 Å². The predicted octanol–water partition coefficient (Wildman–Crippen LogP) is 3.23. The molecule has 1 heterocycles. The number of hydrogen-bond acceptors (Lipinski definition) is 6. The lowest BCUT2D eigenvalue weighted by Gasteiger charge is -2.26. The molecule has 1 aliphatic heterocycles. The molecule has 0 spiro atoms. The summed E-state index contributed by atoms with van der Waals surface area (Å²) in [6.45, 7) is 3.60. The molecule has 4 rings (SSSR count). The number of rotatable bonds is 8. The standard InChI is InChI=1S/C25H26N2O5/c28-24(26-22-8-5-19(6-9-22)16-27-11-13-30-14-12-27)17-32-25(29)18-31-23-10-7-20-3-1-2-4-21(20)15-23/h1-10,15H,11-14,16-18H2,(H,26,28).